The fraction of sp³-hybridized carbons (Fsp3) is 0.500. The van der Waals surface area contributed by atoms with Gasteiger partial charge in [0.25, 0.3) is 0 Å². The Morgan fingerprint density at radius 1 is 1.40 bits per heavy atom. The Labute approximate surface area is 122 Å². The molecule has 0 unspecified atom stereocenters. The van der Waals surface area contributed by atoms with Gasteiger partial charge in [0, 0.05) is 13.7 Å². The first-order chi connectivity index (χ1) is 9.62. The normalized spacial score (nSPS) is 17.1. The van der Waals surface area contributed by atoms with Crippen molar-refractivity contribution < 1.29 is 11.0 Å². The predicted octanol–water partition coefficient (Wildman–Crippen LogP) is 3.85. The molecule has 4 heteroatoms. The largest absolute Gasteiger partial charge is 0.322 e. The summed E-state index contributed by atoms with van der Waals surface area (Å²) in [6.45, 7) is 6.90. The first-order valence-corrected chi connectivity index (χ1v) is 7.22. The number of hydrogen-bond donors (Lipinski definition) is 1. The van der Waals surface area contributed by atoms with E-state index in [2.05, 4.69) is 19.2 Å². The number of aldehydes is 1. The molecule has 0 aromatic heterocycles. The number of nitrogens with zero attached hydrogens (tertiary/aromatic N) is 1. The Morgan fingerprint density at radius 3 is 2.55 bits per heavy atom. The Morgan fingerprint density at radius 2 is 2.00 bits per heavy atom. The number of rotatable bonds is 2. The van der Waals surface area contributed by atoms with Crippen molar-refractivity contribution in [2.75, 3.05) is 11.9 Å². The minimum absolute atomic E-state index is 0. The highest BCUT2D eigenvalue weighted by Crippen LogP contribution is 2.17. The standard InChI is InChI=1S/C13H16N2O2.C3H8.H2/c1-10-4-6-11(7-5-10)14-13(17)15-8-2-3-12(15)9-16;1-3-2;/h4-7,9,12H,2-3,8H2,1H3,(H,14,17);3H2,1-2H3;1H/t12-;;/m0../s1. The number of anilines is 1. The van der Waals surface area contributed by atoms with Crippen LogP contribution in [0.4, 0.5) is 10.5 Å². The number of amides is 2. The van der Waals surface area contributed by atoms with Crippen LogP contribution < -0.4 is 5.32 Å². The van der Waals surface area contributed by atoms with Gasteiger partial charge in [-0.1, -0.05) is 38.0 Å². The zero-order valence-corrected chi connectivity index (χ0v) is 12.6. The van der Waals surface area contributed by atoms with E-state index in [4.69, 9.17) is 0 Å². The number of urea groups is 1. The lowest BCUT2D eigenvalue weighted by atomic mass is 10.2. The van der Waals surface area contributed by atoms with Gasteiger partial charge in [-0.3, -0.25) is 0 Å². The van der Waals surface area contributed by atoms with Crippen LogP contribution in [-0.2, 0) is 4.79 Å². The molecule has 0 bridgehead atoms. The van der Waals surface area contributed by atoms with Gasteiger partial charge in [0.2, 0.25) is 0 Å². The summed E-state index contributed by atoms with van der Waals surface area (Å²) in [5.74, 6) is 0. The van der Waals surface area contributed by atoms with Crippen LogP contribution in [0.3, 0.4) is 0 Å². The van der Waals surface area contributed by atoms with Gasteiger partial charge in [-0.25, -0.2) is 4.79 Å². The van der Waals surface area contributed by atoms with Crippen molar-refractivity contribution in [3.63, 3.8) is 0 Å². The zero-order chi connectivity index (χ0) is 15.0. The fourth-order valence-electron chi connectivity index (χ4n) is 2.02. The number of hydrogen-bond acceptors (Lipinski definition) is 2. The van der Waals surface area contributed by atoms with Gasteiger partial charge in [0.05, 0.1) is 6.04 Å². The highest BCUT2D eigenvalue weighted by atomic mass is 16.2. The Bertz CT molecular complexity index is 434. The van der Waals surface area contributed by atoms with Crippen molar-refractivity contribution in [3.8, 4) is 0 Å². The van der Waals surface area contributed by atoms with E-state index in [0.29, 0.717) is 6.54 Å². The molecule has 1 heterocycles. The van der Waals surface area contributed by atoms with E-state index in [1.165, 1.54) is 6.42 Å². The molecule has 1 aliphatic heterocycles. The maximum absolute atomic E-state index is 11.9. The molecule has 1 aromatic carbocycles. The van der Waals surface area contributed by atoms with E-state index < -0.39 is 0 Å². The summed E-state index contributed by atoms with van der Waals surface area (Å²) in [5.41, 5.74) is 1.91. The summed E-state index contributed by atoms with van der Waals surface area (Å²) in [5, 5.41) is 2.80. The average Bonchev–Trinajstić information content (AvgIpc) is 2.91. The summed E-state index contributed by atoms with van der Waals surface area (Å²) in [7, 11) is 0. The van der Waals surface area contributed by atoms with Gasteiger partial charge in [0.15, 0.2) is 0 Å². The number of likely N-dealkylation sites (tertiary alicyclic amines) is 1. The smallest absolute Gasteiger partial charge is 0.315 e. The Kier molecular flexibility index (Phi) is 6.77. The molecular weight excluding hydrogens is 252 g/mol. The molecule has 1 saturated heterocycles. The SMILES string of the molecule is CCC.Cc1ccc(NC(=O)N2CCC[C@H]2C=O)cc1.[HH]. The van der Waals surface area contributed by atoms with Crippen molar-refractivity contribution in [1.82, 2.24) is 4.90 Å². The fourth-order valence-corrected chi connectivity index (χ4v) is 2.02. The van der Waals surface area contributed by atoms with Crippen LogP contribution in [0.5, 0.6) is 0 Å². The monoisotopic (exact) mass is 278 g/mol. The lowest BCUT2D eigenvalue weighted by Crippen LogP contribution is -2.39. The molecule has 2 amide bonds. The molecule has 2 rings (SSSR count). The van der Waals surface area contributed by atoms with E-state index in [1.807, 2.05) is 31.2 Å². The third-order valence-electron chi connectivity index (χ3n) is 3.02. The van der Waals surface area contributed by atoms with Crippen LogP contribution in [0.2, 0.25) is 0 Å². The minimum Gasteiger partial charge on any atom is -0.315 e. The molecule has 0 aliphatic carbocycles. The van der Waals surface area contributed by atoms with Crippen LogP contribution >= 0.6 is 0 Å². The quantitative estimate of drug-likeness (QED) is 0.835. The molecule has 0 saturated carbocycles. The molecule has 1 fully saturated rings. The zero-order valence-electron chi connectivity index (χ0n) is 12.6. The van der Waals surface area contributed by atoms with Crippen molar-refractivity contribution in [3.05, 3.63) is 29.8 Å². The molecule has 112 valence electrons. The molecule has 1 atom stereocenters. The Balaban J connectivity index is 0.000000922. The van der Waals surface area contributed by atoms with Gasteiger partial charge < -0.3 is 15.0 Å². The molecule has 1 aromatic rings. The van der Waals surface area contributed by atoms with Crippen molar-refractivity contribution in [2.45, 2.75) is 46.1 Å². The van der Waals surface area contributed by atoms with Crippen molar-refractivity contribution in [2.24, 2.45) is 0 Å². The van der Waals surface area contributed by atoms with Crippen LogP contribution in [0.15, 0.2) is 24.3 Å². The van der Waals surface area contributed by atoms with E-state index in [-0.39, 0.29) is 13.5 Å². The predicted molar refractivity (Wildman–Crippen MR) is 84.1 cm³/mol. The number of benzene rings is 1. The van der Waals surface area contributed by atoms with Crippen LogP contribution in [0.25, 0.3) is 0 Å². The second-order valence-electron chi connectivity index (χ2n) is 5.04. The van der Waals surface area contributed by atoms with E-state index >= 15 is 0 Å². The first kappa shape index (κ1) is 16.2. The highest BCUT2D eigenvalue weighted by Gasteiger charge is 2.28. The molecule has 0 spiro atoms. The van der Waals surface area contributed by atoms with E-state index in [0.717, 1.165) is 30.4 Å². The summed E-state index contributed by atoms with van der Waals surface area (Å²) < 4.78 is 0. The van der Waals surface area contributed by atoms with Gasteiger partial charge in [-0.2, -0.15) is 0 Å². The van der Waals surface area contributed by atoms with Crippen molar-refractivity contribution >= 4 is 18.0 Å². The van der Waals surface area contributed by atoms with E-state index in [9.17, 15) is 9.59 Å². The number of carbonyl (C=O) groups is 2. The average molecular weight is 278 g/mol. The lowest BCUT2D eigenvalue weighted by Gasteiger charge is -2.20. The summed E-state index contributed by atoms with van der Waals surface area (Å²) >= 11 is 0. The van der Waals surface area contributed by atoms with Gasteiger partial charge >= 0.3 is 6.03 Å². The summed E-state index contributed by atoms with van der Waals surface area (Å²) in [6, 6.07) is 7.15. The highest BCUT2D eigenvalue weighted by molar-refractivity contribution is 5.91. The topological polar surface area (TPSA) is 49.4 Å². The molecule has 4 nitrogen and oxygen atoms in total. The molecule has 20 heavy (non-hydrogen) atoms. The Hall–Kier alpha value is -1.84. The third-order valence-corrected chi connectivity index (χ3v) is 3.02. The third kappa shape index (κ3) is 4.68. The summed E-state index contributed by atoms with van der Waals surface area (Å²) in [6.07, 6.45) is 3.76. The van der Waals surface area contributed by atoms with E-state index in [1.54, 1.807) is 4.90 Å². The second kappa shape index (κ2) is 8.35. The van der Waals surface area contributed by atoms with Gasteiger partial charge in [0.1, 0.15) is 6.29 Å². The number of aryl methyl sites for hydroxylation is 1. The van der Waals surface area contributed by atoms with Crippen LogP contribution in [0, 0.1) is 6.92 Å². The first-order valence-electron chi connectivity index (χ1n) is 7.22. The molecular formula is C16H26N2O2. The lowest BCUT2D eigenvalue weighted by molar-refractivity contribution is -0.110. The molecule has 1 aliphatic rings. The molecule has 1 N–H and O–H groups in total. The van der Waals surface area contributed by atoms with Crippen LogP contribution in [0.1, 0.15) is 40.1 Å². The number of carbonyl (C=O) groups excluding carboxylic acids is 2. The maximum atomic E-state index is 11.9. The minimum atomic E-state index is -0.263. The van der Waals surface area contributed by atoms with Crippen molar-refractivity contribution in [1.29, 1.82) is 0 Å². The molecule has 0 radical (unpaired) electrons. The van der Waals surface area contributed by atoms with Gasteiger partial charge in [-0.15, -0.1) is 0 Å². The van der Waals surface area contributed by atoms with Crippen LogP contribution in [-0.4, -0.2) is 29.8 Å². The summed E-state index contributed by atoms with van der Waals surface area (Å²) in [4.78, 5) is 24.3. The maximum Gasteiger partial charge on any atom is 0.322 e. The van der Waals surface area contributed by atoms with Gasteiger partial charge in [-0.05, 0) is 31.9 Å². The number of nitrogens with one attached hydrogen (secondary N) is 1. The second-order valence-corrected chi connectivity index (χ2v) is 5.04.